The molecule has 2 aromatic heterocycles. The van der Waals surface area contributed by atoms with Gasteiger partial charge in [-0.2, -0.15) is 4.98 Å². The fourth-order valence-electron chi connectivity index (χ4n) is 6.00. The number of carbonyl (C=O) groups is 1. The third kappa shape index (κ3) is 12.4. The van der Waals surface area contributed by atoms with Gasteiger partial charge in [0.05, 0.1) is 31.4 Å². The molecule has 3 aliphatic heterocycles. The van der Waals surface area contributed by atoms with Crippen molar-refractivity contribution in [1.29, 1.82) is 0 Å². The number of anilines is 1. The number of nitrogens with one attached hydrogen (secondary N) is 3. The van der Waals surface area contributed by atoms with Gasteiger partial charge < -0.3 is 29.4 Å². The lowest BCUT2D eigenvalue weighted by molar-refractivity contribution is 0.0635. The van der Waals surface area contributed by atoms with Crippen molar-refractivity contribution in [2.75, 3.05) is 52.4 Å². The number of nitrogens with zero attached hydrogens (tertiary/aromatic N) is 3. The molecule has 0 bridgehead atoms. The van der Waals surface area contributed by atoms with Crippen LogP contribution in [-0.4, -0.2) is 102 Å². The summed E-state index contributed by atoms with van der Waals surface area (Å²) in [6.07, 6.45) is 3.79. The SMILES string of the molecule is C.CC.CO.COc1nc2c(F)c(Br)c(Cl)c(OCC3COCC3NCc3cccnc3NC(=O)OC(C)(C)C)c2c(=O)[nH]1.FC1CC2CCCN2C1. The van der Waals surface area contributed by atoms with Crippen molar-refractivity contribution < 1.29 is 37.6 Å². The molecule has 1 amide bonds. The maximum atomic E-state index is 14.9. The van der Waals surface area contributed by atoms with Gasteiger partial charge in [-0.1, -0.05) is 38.9 Å². The number of halogens is 4. The number of aliphatic hydroxyl groups is 1. The van der Waals surface area contributed by atoms with Gasteiger partial charge in [-0.3, -0.25) is 20.0 Å². The predicted molar refractivity (Wildman–Crippen MR) is 206 cm³/mol. The number of hydrogen-bond acceptors (Lipinski definition) is 11. The lowest BCUT2D eigenvalue weighted by Crippen LogP contribution is -2.38. The second-order valence-electron chi connectivity index (χ2n) is 12.9. The van der Waals surface area contributed by atoms with Crippen LogP contribution in [0.15, 0.2) is 27.6 Å². The van der Waals surface area contributed by atoms with Gasteiger partial charge in [0.15, 0.2) is 11.6 Å². The van der Waals surface area contributed by atoms with Crippen molar-refractivity contribution in [1.82, 2.24) is 25.2 Å². The summed E-state index contributed by atoms with van der Waals surface area (Å²) in [5.74, 6) is -0.562. The predicted octanol–water partition coefficient (Wildman–Crippen LogP) is 6.88. The van der Waals surface area contributed by atoms with Crippen LogP contribution in [-0.2, 0) is 16.0 Å². The van der Waals surface area contributed by atoms with E-state index in [0.717, 1.165) is 25.6 Å². The number of pyridine rings is 1. The number of amides is 1. The van der Waals surface area contributed by atoms with Crippen LogP contribution < -0.4 is 25.7 Å². The van der Waals surface area contributed by atoms with Gasteiger partial charge in [0.25, 0.3) is 11.6 Å². The molecule has 6 rings (SSSR count). The first-order valence-electron chi connectivity index (χ1n) is 17.2. The lowest BCUT2D eigenvalue weighted by Gasteiger charge is -2.22. The Kier molecular flexibility index (Phi) is 18.8. The third-order valence-electron chi connectivity index (χ3n) is 8.28. The molecule has 3 fully saturated rings. The highest BCUT2D eigenvalue weighted by Gasteiger charge is 2.35. The van der Waals surface area contributed by atoms with E-state index in [2.05, 4.69) is 46.4 Å². The molecule has 17 heteroatoms. The number of aliphatic hydroxyl groups excluding tert-OH is 1. The average molecular weight is 836 g/mol. The van der Waals surface area contributed by atoms with Gasteiger partial charge in [-0.05, 0) is 68.6 Å². The number of hydrogen-bond donors (Lipinski definition) is 4. The Morgan fingerprint density at radius 3 is 2.64 bits per heavy atom. The van der Waals surface area contributed by atoms with Crippen LogP contribution in [0.2, 0.25) is 5.02 Å². The second-order valence-corrected chi connectivity index (χ2v) is 14.1. The fourth-order valence-corrected chi connectivity index (χ4v) is 6.60. The number of rotatable bonds is 8. The van der Waals surface area contributed by atoms with Crippen molar-refractivity contribution in [3.05, 3.63) is 49.6 Å². The molecule has 53 heavy (non-hydrogen) atoms. The van der Waals surface area contributed by atoms with Crippen molar-refractivity contribution >= 4 is 50.3 Å². The van der Waals surface area contributed by atoms with E-state index >= 15 is 0 Å². The molecule has 13 nitrogen and oxygen atoms in total. The lowest BCUT2D eigenvalue weighted by atomic mass is 10.0. The summed E-state index contributed by atoms with van der Waals surface area (Å²) in [7, 11) is 2.31. The fraction of sp³-hybridized carbons (Fsp3) is 0.611. The number of methoxy groups -OCH3 is 1. The molecule has 4 N–H and O–H groups in total. The highest BCUT2D eigenvalue weighted by molar-refractivity contribution is 9.10. The molecule has 0 spiro atoms. The summed E-state index contributed by atoms with van der Waals surface area (Å²) in [5.41, 5.74) is -0.787. The van der Waals surface area contributed by atoms with Crippen LogP contribution in [0.4, 0.5) is 19.4 Å². The number of benzene rings is 1. The Balaban J connectivity index is 0.000000588. The maximum Gasteiger partial charge on any atom is 0.413 e. The van der Waals surface area contributed by atoms with Gasteiger partial charge in [-0.25, -0.2) is 18.6 Å². The smallest absolute Gasteiger partial charge is 0.413 e. The zero-order valence-electron chi connectivity index (χ0n) is 30.7. The minimum atomic E-state index is -0.803. The number of aromatic amines is 1. The first-order chi connectivity index (χ1) is 24.8. The van der Waals surface area contributed by atoms with E-state index in [9.17, 15) is 18.4 Å². The molecule has 4 unspecified atom stereocenters. The minimum absolute atomic E-state index is 0. The summed E-state index contributed by atoms with van der Waals surface area (Å²) in [6, 6.07) is 3.94. The number of alkyl halides is 1. The molecule has 3 aromatic rings. The summed E-state index contributed by atoms with van der Waals surface area (Å²) < 4.78 is 49.3. The Hall–Kier alpha value is -3.15. The van der Waals surface area contributed by atoms with Crippen LogP contribution in [0.3, 0.4) is 0 Å². The highest BCUT2D eigenvalue weighted by Crippen LogP contribution is 2.40. The zero-order chi connectivity index (χ0) is 38.6. The third-order valence-corrected chi connectivity index (χ3v) is 9.61. The largest absolute Gasteiger partial charge is 0.491 e. The van der Waals surface area contributed by atoms with Gasteiger partial charge in [0, 0.05) is 50.0 Å². The average Bonchev–Trinajstić information content (AvgIpc) is 3.85. The van der Waals surface area contributed by atoms with E-state index in [1.54, 1.807) is 33.0 Å². The monoisotopic (exact) mass is 834 g/mol. The molecule has 5 heterocycles. The van der Waals surface area contributed by atoms with Crippen molar-refractivity contribution in [3.8, 4) is 11.8 Å². The second kappa shape index (κ2) is 21.7. The number of carbonyl (C=O) groups excluding carboxylic acids is 1. The first kappa shape index (κ1) is 46.0. The summed E-state index contributed by atoms with van der Waals surface area (Å²) in [6.45, 7) is 12.5. The van der Waals surface area contributed by atoms with Crippen LogP contribution >= 0.6 is 27.5 Å². The molecular weight excluding hydrogens is 782 g/mol. The Bertz CT molecular complexity index is 1670. The molecule has 0 aliphatic carbocycles. The molecule has 298 valence electrons. The minimum Gasteiger partial charge on any atom is -0.491 e. The van der Waals surface area contributed by atoms with Crippen LogP contribution in [0, 0.1) is 11.7 Å². The van der Waals surface area contributed by atoms with E-state index in [0.29, 0.717) is 38.2 Å². The summed E-state index contributed by atoms with van der Waals surface area (Å²) in [5, 5.41) is 12.9. The first-order valence-corrected chi connectivity index (χ1v) is 18.4. The molecule has 0 saturated carbocycles. The summed E-state index contributed by atoms with van der Waals surface area (Å²) in [4.78, 5) is 37.9. The Morgan fingerprint density at radius 1 is 1.26 bits per heavy atom. The van der Waals surface area contributed by atoms with Gasteiger partial charge in [0.2, 0.25) is 0 Å². The van der Waals surface area contributed by atoms with Crippen LogP contribution in [0.1, 0.15) is 66.9 Å². The van der Waals surface area contributed by atoms with E-state index in [-0.39, 0.29) is 58.2 Å². The highest BCUT2D eigenvalue weighted by atomic mass is 79.9. The number of aromatic nitrogens is 3. The number of H-pyrrole nitrogens is 1. The van der Waals surface area contributed by atoms with Gasteiger partial charge in [0.1, 0.15) is 33.5 Å². The normalized spacial score (nSPS) is 20.4. The van der Waals surface area contributed by atoms with E-state index < -0.39 is 29.2 Å². The topological polar surface area (TPSA) is 160 Å². The molecule has 0 radical (unpaired) electrons. The molecular formula is C36H54BrClF2N6O7. The number of fused-ring (bicyclic) bond motifs is 2. The summed E-state index contributed by atoms with van der Waals surface area (Å²) >= 11 is 9.48. The van der Waals surface area contributed by atoms with Gasteiger partial charge in [-0.15, -0.1) is 0 Å². The Labute approximate surface area is 323 Å². The van der Waals surface area contributed by atoms with E-state index in [4.69, 9.17) is 35.7 Å². The zero-order valence-corrected chi connectivity index (χ0v) is 33.0. The van der Waals surface area contributed by atoms with E-state index in [1.165, 1.54) is 20.0 Å². The molecule has 3 saturated heterocycles. The van der Waals surface area contributed by atoms with E-state index in [1.807, 2.05) is 19.9 Å². The van der Waals surface area contributed by atoms with Crippen LogP contribution in [0.25, 0.3) is 10.9 Å². The van der Waals surface area contributed by atoms with Crippen LogP contribution in [0.5, 0.6) is 11.8 Å². The molecule has 3 aliphatic rings. The Morgan fingerprint density at radius 2 is 1.98 bits per heavy atom. The molecule has 1 aromatic carbocycles. The maximum absolute atomic E-state index is 14.9. The standard InChI is InChI=1S/C25H28BrClFN5O6.C7H12FN.C2H6.CH4O.CH4/c1-25(2,3)39-24(35)32-21-12(6-5-7-29-21)8-30-14-11-37-9-13(14)10-38-20-15-19(18(28)16(26)17(20)27)31-23(36-4)33-22(15)34;8-6-4-7-2-1-3-9(7)5-6;2*1-2;/h5-7,13-14,30H,8-11H2,1-4H3,(H,29,32,35)(H,31,33,34);6-7H,1-5H2;1-2H3;2H,1H3;1H4. The van der Waals surface area contributed by atoms with Gasteiger partial charge >= 0.3 is 6.09 Å². The van der Waals surface area contributed by atoms with Crippen molar-refractivity contribution in [2.24, 2.45) is 5.92 Å². The molecule has 4 atom stereocenters. The number of ether oxygens (including phenoxy) is 4. The quantitative estimate of drug-likeness (QED) is 0.175. The van der Waals surface area contributed by atoms with Crippen molar-refractivity contribution in [3.63, 3.8) is 0 Å². The van der Waals surface area contributed by atoms with Crippen molar-refractivity contribution in [2.45, 2.75) is 91.7 Å².